The molecule has 90 valence electrons. The van der Waals surface area contributed by atoms with Crippen molar-refractivity contribution in [3.63, 3.8) is 0 Å². The van der Waals surface area contributed by atoms with E-state index >= 15 is 0 Å². The molecular weight excluding hydrogens is 237 g/mol. The Morgan fingerprint density at radius 1 is 1.47 bits per heavy atom. The van der Waals surface area contributed by atoms with Gasteiger partial charge in [0, 0.05) is 0 Å². The molecule has 1 aromatic rings. The standard InChI is InChI=1S/C10H7F3N2O2/c1-17-6-2-5(4-14)8(9(15)16)7(3-6)10(11,12)13/h2-3H,1H3,(H2,15,16). The average molecular weight is 244 g/mol. The first kappa shape index (κ1) is 12.8. The van der Waals surface area contributed by atoms with Gasteiger partial charge in [-0.25, -0.2) is 0 Å². The number of carbonyl (C=O) groups is 1. The smallest absolute Gasteiger partial charge is 0.417 e. The molecule has 0 atom stereocenters. The van der Waals surface area contributed by atoms with Gasteiger partial charge in [-0.05, 0) is 12.1 Å². The van der Waals surface area contributed by atoms with Crippen LogP contribution < -0.4 is 10.5 Å². The topological polar surface area (TPSA) is 76.1 Å². The van der Waals surface area contributed by atoms with Crippen LogP contribution in [-0.2, 0) is 6.18 Å². The molecule has 0 spiro atoms. The van der Waals surface area contributed by atoms with Crippen molar-refractivity contribution in [3.8, 4) is 11.8 Å². The van der Waals surface area contributed by atoms with Crippen LogP contribution in [0.2, 0.25) is 0 Å². The molecule has 0 saturated carbocycles. The summed E-state index contributed by atoms with van der Waals surface area (Å²) in [5.74, 6) is -1.48. The number of ether oxygens (including phenoxy) is 1. The Kier molecular flexibility index (Phi) is 3.27. The fourth-order valence-electron chi connectivity index (χ4n) is 1.31. The maximum Gasteiger partial charge on any atom is 0.417 e. The van der Waals surface area contributed by atoms with Crippen molar-refractivity contribution in [2.24, 2.45) is 5.73 Å². The number of halogens is 3. The zero-order valence-corrected chi connectivity index (χ0v) is 8.63. The third kappa shape index (κ3) is 2.47. The third-order valence-corrected chi connectivity index (χ3v) is 2.02. The summed E-state index contributed by atoms with van der Waals surface area (Å²) in [6.45, 7) is 0. The van der Waals surface area contributed by atoms with Crippen LogP contribution in [0.4, 0.5) is 13.2 Å². The number of benzene rings is 1. The number of nitriles is 1. The van der Waals surface area contributed by atoms with E-state index in [1.54, 1.807) is 0 Å². The van der Waals surface area contributed by atoms with Crippen LogP contribution in [0, 0.1) is 11.3 Å². The largest absolute Gasteiger partial charge is 0.497 e. The van der Waals surface area contributed by atoms with Crippen molar-refractivity contribution in [1.82, 2.24) is 0 Å². The van der Waals surface area contributed by atoms with Crippen molar-refractivity contribution in [2.75, 3.05) is 7.11 Å². The first-order chi connectivity index (χ1) is 7.81. The molecule has 0 aliphatic heterocycles. The van der Waals surface area contributed by atoms with E-state index in [0.717, 1.165) is 13.2 Å². The van der Waals surface area contributed by atoms with Gasteiger partial charge < -0.3 is 10.5 Å². The van der Waals surface area contributed by atoms with Gasteiger partial charge in [0.25, 0.3) is 5.91 Å². The molecule has 0 fully saturated rings. The van der Waals surface area contributed by atoms with E-state index in [2.05, 4.69) is 4.74 Å². The number of carbonyl (C=O) groups excluding carboxylic acids is 1. The van der Waals surface area contributed by atoms with E-state index in [0.29, 0.717) is 6.07 Å². The zero-order chi connectivity index (χ0) is 13.2. The molecule has 4 nitrogen and oxygen atoms in total. The molecule has 7 heteroatoms. The number of hydrogen-bond acceptors (Lipinski definition) is 3. The maximum atomic E-state index is 12.7. The number of nitrogens with two attached hydrogens (primary N) is 1. The van der Waals surface area contributed by atoms with Crippen LogP contribution >= 0.6 is 0 Å². The Bertz CT molecular complexity index is 503. The zero-order valence-electron chi connectivity index (χ0n) is 8.63. The number of primary amides is 1. The van der Waals surface area contributed by atoms with Gasteiger partial charge in [-0.3, -0.25) is 4.79 Å². The molecule has 0 bridgehead atoms. The monoisotopic (exact) mass is 244 g/mol. The quantitative estimate of drug-likeness (QED) is 0.859. The second-order valence-corrected chi connectivity index (χ2v) is 3.07. The Balaban J connectivity index is 3.66. The fraction of sp³-hybridized carbons (Fsp3) is 0.200. The normalized spacial score (nSPS) is 10.8. The first-order valence-electron chi connectivity index (χ1n) is 4.30. The number of methoxy groups -OCH3 is 1. The van der Waals surface area contributed by atoms with Gasteiger partial charge >= 0.3 is 6.18 Å². The van der Waals surface area contributed by atoms with Crippen LogP contribution in [0.1, 0.15) is 21.5 Å². The van der Waals surface area contributed by atoms with E-state index in [4.69, 9.17) is 11.0 Å². The lowest BCUT2D eigenvalue weighted by Gasteiger charge is -2.13. The van der Waals surface area contributed by atoms with Gasteiger partial charge in [0.15, 0.2) is 0 Å². The Morgan fingerprint density at radius 2 is 2.06 bits per heavy atom. The number of nitrogens with zero attached hydrogens (tertiary/aromatic N) is 1. The second-order valence-electron chi connectivity index (χ2n) is 3.07. The minimum Gasteiger partial charge on any atom is -0.497 e. The predicted molar refractivity (Wildman–Crippen MR) is 51.2 cm³/mol. The summed E-state index contributed by atoms with van der Waals surface area (Å²) in [5, 5.41) is 8.70. The minimum absolute atomic E-state index is 0.168. The van der Waals surface area contributed by atoms with E-state index in [9.17, 15) is 18.0 Å². The molecule has 1 amide bonds. The minimum atomic E-state index is -4.79. The molecule has 0 unspecified atom stereocenters. The molecule has 0 radical (unpaired) electrons. The van der Waals surface area contributed by atoms with Crippen molar-refractivity contribution >= 4 is 5.91 Å². The summed E-state index contributed by atoms with van der Waals surface area (Å²) in [4.78, 5) is 11.0. The molecular formula is C10H7F3N2O2. The average Bonchev–Trinajstić information content (AvgIpc) is 2.25. The Morgan fingerprint density at radius 3 is 2.41 bits per heavy atom. The lowest BCUT2D eigenvalue weighted by molar-refractivity contribution is -0.138. The summed E-state index contributed by atoms with van der Waals surface area (Å²) in [6, 6.07) is 3.13. The SMILES string of the molecule is COc1cc(C#N)c(C(N)=O)c(C(F)(F)F)c1. The van der Waals surface area contributed by atoms with Crippen LogP contribution in [0.25, 0.3) is 0 Å². The molecule has 1 rings (SSSR count). The molecule has 2 N–H and O–H groups in total. The summed E-state index contributed by atoms with van der Waals surface area (Å²) in [5.41, 5.74) is 2.26. The van der Waals surface area contributed by atoms with Gasteiger partial charge in [-0.2, -0.15) is 18.4 Å². The maximum absolute atomic E-state index is 12.7. The van der Waals surface area contributed by atoms with Crippen molar-refractivity contribution < 1.29 is 22.7 Å². The molecule has 0 aliphatic rings. The number of amides is 1. The lowest BCUT2D eigenvalue weighted by Crippen LogP contribution is -2.20. The van der Waals surface area contributed by atoms with Crippen LogP contribution in [-0.4, -0.2) is 13.0 Å². The third-order valence-electron chi connectivity index (χ3n) is 2.02. The predicted octanol–water partition coefficient (Wildman–Crippen LogP) is 1.68. The van der Waals surface area contributed by atoms with Gasteiger partial charge in [0.1, 0.15) is 11.8 Å². The van der Waals surface area contributed by atoms with E-state index in [1.165, 1.54) is 6.07 Å². The van der Waals surface area contributed by atoms with Crippen molar-refractivity contribution in [1.29, 1.82) is 5.26 Å². The van der Waals surface area contributed by atoms with E-state index < -0.39 is 28.8 Å². The summed E-state index contributed by atoms with van der Waals surface area (Å²) >= 11 is 0. The molecule has 0 heterocycles. The summed E-state index contributed by atoms with van der Waals surface area (Å²) in [6.07, 6.45) is -4.79. The highest BCUT2D eigenvalue weighted by Gasteiger charge is 2.37. The Hall–Kier alpha value is -2.23. The van der Waals surface area contributed by atoms with Gasteiger partial charge in [-0.1, -0.05) is 0 Å². The Labute approximate surface area is 94.4 Å². The van der Waals surface area contributed by atoms with Crippen LogP contribution in [0.5, 0.6) is 5.75 Å². The first-order valence-corrected chi connectivity index (χ1v) is 4.30. The van der Waals surface area contributed by atoms with Gasteiger partial charge in [0.05, 0.1) is 23.8 Å². The molecule has 17 heavy (non-hydrogen) atoms. The van der Waals surface area contributed by atoms with Crippen molar-refractivity contribution in [2.45, 2.75) is 6.18 Å². The van der Waals surface area contributed by atoms with Crippen LogP contribution in [0.3, 0.4) is 0 Å². The lowest BCUT2D eigenvalue weighted by atomic mass is 10.00. The molecule has 0 aliphatic carbocycles. The molecule has 0 saturated heterocycles. The number of alkyl halides is 3. The fourth-order valence-corrected chi connectivity index (χ4v) is 1.31. The van der Waals surface area contributed by atoms with E-state index in [-0.39, 0.29) is 5.75 Å². The number of rotatable bonds is 2. The molecule has 0 aromatic heterocycles. The second kappa shape index (κ2) is 4.33. The highest BCUT2D eigenvalue weighted by Crippen LogP contribution is 2.35. The van der Waals surface area contributed by atoms with Gasteiger partial charge in [0.2, 0.25) is 0 Å². The molecule has 1 aromatic carbocycles. The number of hydrogen-bond donors (Lipinski definition) is 1. The van der Waals surface area contributed by atoms with Crippen LogP contribution in [0.15, 0.2) is 12.1 Å². The highest BCUT2D eigenvalue weighted by atomic mass is 19.4. The highest BCUT2D eigenvalue weighted by molar-refractivity contribution is 5.97. The summed E-state index contributed by atoms with van der Waals surface area (Å²) in [7, 11) is 1.15. The van der Waals surface area contributed by atoms with Gasteiger partial charge in [-0.15, -0.1) is 0 Å². The van der Waals surface area contributed by atoms with Crippen molar-refractivity contribution in [3.05, 3.63) is 28.8 Å². The summed E-state index contributed by atoms with van der Waals surface area (Å²) < 4.78 is 42.6. The van der Waals surface area contributed by atoms with E-state index in [1.807, 2.05) is 0 Å².